The quantitative estimate of drug-likeness (QED) is 0.171. The summed E-state index contributed by atoms with van der Waals surface area (Å²) in [5.41, 5.74) is 17.3. The molecule has 2 aliphatic heterocycles. The van der Waals surface area contributed by atoms with Crippen LogP contribution in [0.15, 0.2) is 187 Å². The van der Waals surface area contributed by atoms with Crippen molar-refractivity contribution in [1.82, 2.24) is 0 Å². The van der Waals surface area contributed by atoms with Gasteiger partial charge in [-0.25, -0.2) is 0 Å². The third kappa shape index (κ3) is 4.39. The van der Waals surface area contributed by atoms with Crippen molar-refractivity contribution < 1.29 is 0 Å². The summed E-state index contributed by atoms with van der Waals surface area (Å²) < 4.78 is 0. The summed E-state index contributed by atoms with van der Waals surface area (Å²) in [5, 5.41) is 0. The first-order valence-corrected chi connectivity index (χ1v) is 17.8. The molecule has 0 aromatic heterocycles. The molecule has 51 heavy (non-hydrogen) atoms. The van der Waals surface area contributed by atoms with Gasteiger partial charge in [0.05, 0.1) is 0 Å². The Labute approximate surface area is 300 Å². The number of allylic oxidation sites excluding steroid dienone is 1. The molecule has 0 atom stereocenters. The Balaban J connectivity index is 1.30. The fraction of sp³-hybridized carbons (Fsp3) is 0.0638. The standard InChI is InChI=1S/C47H36BN3/c1-47(2)39-27-16-15-26-38(39)45-46(47)48-40-32-37(49(33-18-7-3-8-19-33)34-20-9-4-10-21-34)30-31-41(40)50(35-22-11-5-12-23-35)42-28-17-29-43(44(42)48)51(45)36-24-13-6-14-25-36/h3-32H,1-2H3. The molecule has 7 aromatic carbocycles. The number of hydrogen-bond donors (Lipinski definition) is 0. The summed E-state index contributed by atoms with van der Waals surface area (Å²) in [6.07, 6.45) is 0. The van der Waals surface area contributed by atoms with Crippen LogP contribution in [0.2, 0.25) is 0 Å². The van der Waals surface area contributed by atoms with Crippen molar-refractivity contribution in [3.63, 3.8) is 0 Å². The monoisotopic (exact) mass is 653 g/mol. The van der Waals surface area contributed by atoms with Crippen LogP contribution in [0.4, 0.5) is 45.5 Å². The fourth-order valence-electron chi connectivity index (χ4n) is 8.91. The highest BCUT2D eigenvalue weighted by Crippen LogP contribution is 2.55. The number of rotatable bonds is 5. The zero-order valence-corrected chi connectivity index (χ0v) is 28.7. The highest BCUT2D eigenvalue weighted by atomic mass is 15.2. The largest absolute Gasteiger partial charge is 0.311 e. The molecule has 242 valence electrons. The molecule has 0 fully saturated rings. The first-order valence-electron chi connectivity index (χ1n) is 17.8. The van der Waals surface area contributed by atoms with Crippen LogP contribution in [0, 0.1) is 0 Å². The zero-order chi connectivity index (χ0) is 34.1. The Kier molecular flexibility index (Phi) is 6.62. The Morgan fingerprint density at radius 2 is 1.00 bits per heavy atom. The lowest BCUT2D eigenvalue weighted by Gasteiger charge is -2.46. The first-order chi connectivity index (χ1) is 25.1. The number of fused-ring (bicyclic) bond motifs is 5. The van der Waals surface area contributed by atoms with E-state index in [9.17, 15) is 0 Å². The van der Waals surface area contributed by atoms with E-state index in [1.54, 1.807) is 0 Å². The number of para-hydroxylation sites is 4. The topological polar surface area (TPSA) is 9.72 Å². The molecule has 0 unspecified atom stereocenters. The molecule has 4 heteroatoms. The molecule has 0 saturated heterocycles. The molecule has 1 aliphatic carbocycles. The second kappa shape index (κ2) is 11.4. The van der Waals surface area contributed by atoms with Gasteiger partial charge in [0.15, 0.2) is 0 Å². The molecule has 2 heterocycles. The van der Waals surface area contributed by atoms with Crippen molar-refractivity contribution in [2.45, 2.75) is 19.3 Å². The van der Waals surface area contributed by atoms with Crippen molar-refractivity contribution in [2.75, 3.05) is 14.7 Å². The third-order valence-corrected chi connectivity index (χ3v) is 11.0. The molecule has 0 spiro atoms. The van der Waals surface area contributed by atoms with Crippen LogP contribution in [0.25, 0.3) is 5.70 Å². The minimum Gasteiger partial charge on any atom is -0.311 e. The van der Waals surface area contributed by atoms with E-state index in [1.165, 1.54) is 56.0 Å². The molecule has 0 amide bonds. The third-order valence-electron chi connectivity index (χ3n) is 11.0. The van der Waals surface area contributed by atoms with Crippen molar-refractivity contribution >= 4 is 68.8 Å². The van der Waals surface area contributed by atoms with Crippen molar-refractivity contribution in [3.05, 3.63) is 199 Å². The van der Waals surface area contributed by atoms with Gasteiger partial charge in [0.25, 0.3) is 0 Å². The van der Waals surface area contributed by atoms with Crippen LogP contribution < -0.4 is 25.6 Å². The normalized spacial score (nSPS) is 14.8. The second-order valence-corrected chi connectivity index (χ2v) is 14.2. The Morgan fingerprint density at radius 1 is 0.471 bits per heavy atom. The van der Waals surface area contributed by atoms with Crippen LogP contribution in [0.5, 0.6) is 0 Å². The predicted octanol–water partition coefficient (Wildman–Crippen LogP) is 10.9. The van der Waals surface area contributed by atoms with Gasteiger partial charge in [-0.3, -0.25) is 0 Å². The predicted molar refractivity (Wildman–Crippen MR) is 216 cm³/mol. The zero-order valence-electron chi connectivity index (χ0n) is 28.7. The van der Waals surface area contributed by atoms with Gasteiger partial charge < -0.3 is 14.7 Å². The van der Waals surface area contributed by atoms with Crippen molar-refractivity contribution in [2.24, 2.45) is 0 Å². The lowest BCUT2D eigenvalue weighted by atomic mass is 9.30. The van der Waals surface area contributed by atoms with E-state index in [4.69, 9.17) is 0 Å². The molecule has 7 aromatic rings. The van der Waals surface area contributed by atoms with Gasteiger partial charge in [-0.1, -0.05) is 122 Å². The van der Waals surface area contributed by atoms with Crippen LogP contribution in [0.1, 0.15) is 25.0 Å². The number of benzene rings is 7. The minimum atomic E-state index is -0.213. The van der Waals surface area contributed by atoms with Crippen molar-refractivity contribution in [3.8, 4) is 0 Å². The Hall–Kier alpha value is -6.26. The van der Waals surface area contributed by atoms with E-state index in [0.717, 1.165) is 22.7 Å². The maximum atomic E-state index is 2.54. The average molecular weight is 654 g/mol. The highest BCUT2D eigenvalue weighted by Gasteiger charge is 2.52. The Bertz CT molecular complexity index is 2420. The van der Waals surface area contributed by atoms with Crippen LogP contribution >= 0.6 is 0 Å². The minimum absolute atomic E-state index is 0.0388. The summed E-state index contributed by atoms with van der Waals surface area (Å²) in [6, 6.07) is 66.3. The van der Waals surface area contributed by atoms with Gasteiger partial charge in [0.1, 0.15) is 0 Å². The summed E-state index contributed by atoms with van der Waals surface area (Å²) in [5.74, 6) is 0. The molecular weight excluding hydrogens is 617 g/mol. The van der Waals surface area contributed by atoms with Gasteiger partial charge in [-0.05, 0) is 95.4 Å². The van der Waals surface area contributed by atoms with E-state index in [2.05, 4.69) is 211 Å². The maximum absolute atomic E-state index is 2.54. The molecule has 0 bridgehead atoms. The number of anilines is 8. The highest BCUT2D eigenvalue weighted by molar-refractivity contribution is 6.96. The van der Waals surface area contributed by atoms with Crippen LogP contribution in [-0.4, -0.2) is 6.71 Å². The summed E-state index contributed by atoms with van der Waals surface area (Å²) in [7, 11) is 0. The summed E-state index contributed by atoms with van der Waals surface area (Å²) in [6.45, 7) is 4.90. The number of nitrogens with zero attached hydrogens (tertiary/aromatic N) is 3. The van der Waals surface area contributed by atoms with Gasteiger partial charge in [0.2, 0.25) is 6.71 Å². The van der Waals surface area contributed by atoms with E-state index in [1.807, 2.05) is 0 Å². The first kappa shape index (κ1) is 29.6. The summed E-state index contributed by atoms with van der Waals surface area (Å²) >= 11 is 0. The number of hydrogen-bond acceptors (Lipinski definition) is 3. The molecule has 0 N–H and O–H groups in total. The lowest BCUT2D eigenvalue weighted by Crippen LogP contribution is -2.57. The van der Waals surface area contributed by atoms with Gasteiger partial charge in [-0.2, -0.15) is 0 Å². The SMILES string of the molecule is CC1(C)C2=C(c3ccccc31)N(c1ccccc1)c1cccc3c1B2c1cc(N(c2ccccc2)c2ccccc2)ccc1N3c1ccccc1. The molecule has 3 nitrogen and oxygen atoms in total. The maximum Gasteiger partial charge on any atom is 0.248 e. The molecular formula is C47H36BN3. The van der Waals surface area contributed by atoms with Gasteiger partial charge in [-0.15, -0.1) is 0 Å². The van der Waals surface area contributed by atoms with E-state index in [0.29, 0.717) is 0 Å². The van der Waals surface area contributed by atoms with E-state index < -0.39 is 0 Å². The van der Waals surface area contributed by atoms with Gasteiger partial charge in [0, 0.05) is 62.2 Å². The van der Waals surface area contributed by atoms with Crippen molar-refractivity contribution in [1.29, 1.82) is 0 Å². The van der Waals surface area contributed by atoms with E-state index in [-0.39, 0.29) is 12.1 Å². The second-order valence-electron chi connectivity index (χ2n) is 14.2. The van der Waals surface area contributed by atoms with Crippen LogP contribution in [-0.2, 0) is 5.41 Å². The molecule has 10 rings (SSSR count). The molecule has 0 radical (unpaired) electrons. The lowest BCUT2D eigenvalue weighted by molar-refractivity contribution is 0.666. The molecule has 3 aliphatic rings. The van der Waals surface area contributed by atoms with Gasteiger partial charge >= 0.3 is 0 Å². The Morgan fingerprint density at radius 3 is 1.63 bits per heavy atom. The fourth-order valence-corrected chi connectivity index (χ4v) is 8.91. The summed E-state index contributed by atoms with van der Waals surface area (Å²) in [4.78, 5) is 7.40. The average Bonchev–Trinajstić information content (AvgIpc) is 3.42. The van der Waals surface area contributed by atoms with Crippen LogP contribution in [0.3, 0.4) is 0 Å². The molecule has 0 saturated carbocycles. The smallest absolute Gasteiger partial charge is 0.248 e. The van der Waals surface area contributed by atoms with E-state index >= 15 is 0 Å².